The molecule has 0 rings (SSSR count). The molecule has 0 heterocycles. The monoisotopic (exact) mass is 382 g/mol. The van der Waals surface area contributed by atoms with E-state index in [-0.39, 0.29) is 27.7 Å². The second-order valence-corrected chi connectivity index (χ2v) is 20.3. The van der Waals surface area contributed by atoms with E-state index in [2.05, 4.69) is 94.1 Å². The molecule has 0 saturated heterocycles. The molecule has 146 valence electrons. The molecule has 0 amide bonds. The molecule has 4 heteroatoms. The summed E-state index contributed by atoms with van der Waals surface area (Å²) in [6.45, 7) is 30.8. The molecule has 0 aromatic heterocycles. The van der Waals surface area contributed by atoms with Crippen LogP contribution in [0.3, 0.4) is 0 Å². The summed E-state index contributed by atoms with van der Waals surface area (Å²) in [6, 6.07) is 0. The fourth-order valence-electron chi connectivity index (χ4n) is 2.02. The van der Waals surface area contributed by atoms with Crippen molar-refractivity contribution in [3.63, 3.8) is 0 Å². The molecule has 0 aliphatic carbocycles. The van der Waals surface area contributed by atoms with Gasteiger partial charge < -0.3 is 8.85 Å². The van der Waals surface area contributed by atoms with E-state index >= 15 is 0 Å². The highest BCUT2D eigenvalue weighted by molar-refractivity contribution is 6.74. The second kappa shape index (κ2) is 7.72. The van der Waals surface area contributed by atoms with Crippen molar-refractivity contribution in [2.24, 2.45) is 5.41 Å². The molecular weight excluding hydrogens is 340 g/mol. The Bertz CT molecular complexity index is 499. The van der Waals surface area contributed by atoms with E-state index in [0.29, 0.717) is 0 Å². The van der Waals surface area contributed by atoms with Crippen LogP contribution in [-0.2, 0) is 8.85 Å². The van der Waals surface area contributed by atoms with Crippen LogP contribution in [0.25, 0.3) is 0 Å². The van der Waals surface area contributed by atoms with Crippen molar-refractivity contribution in [2.45, 2.75) is 104 Å². The molecule has 2 nitrogen and oxygen atoms in total. The minimum absolute atomic E-state index is 0.113. The Morgan fingerprint density at radius 2 is 1.20 bits per heavy atom. The smallest absolute Gasteiger partial charge is 0.193 e. The van der Waals surface area contributed by atoms with Crippen LogP contribution in [0.5, 0.6) is 0 Å². The van der Waals surface area contributed by atoms with E-state index in [4.69, 9.17) is 15.3 Å². The zero-order valence-corrected chi connectivity index (χ0v) is 20.8. The first-order valence-electron chi connectivity index (χ1n) is 9.28. The summed E-state index contributed by atoms with van der Waals surface area (Å²) in [7, 11) is -3.91. The van der Waals surface area contributed by atoms with Crippen molar-refractivity contribution >= 4 is 16.6 Å². The van der Waals surface area contributed by atoms with Crippen molar-refractivity contribution in [3.05, 3.63) is 12.7 Å². The van der Waals surface area contributed by atoms with E-state index in [1.54, 1.807) is 0 Å². The molecule has 0 aliphatic heterocycles. The van der Waals surface area contributed by atoms with Gasteiger partial charge >= 0.3 is 0 Å². The van der Waals surface area contributed by atoms with E-state index < -0.39 is 16.6 Å². The highest BCUT2D eigenvalue weighted by Crippen LogP contribution is 2.43. The Balaban J connectivity index is 5.67. The SMILES string of the molecule is C#CC(O[Si](C)(C)C(C)(C)C)C(C)(C)C(C=C)O[Si](C)(C)C(C)(C)C. The van der Waals surface area contributed by atoms with Gasteiger partial charge in [0.15, 0.2) is 16.6 Å². The summed E-state index contributed by atoms with van der Waals surface area (Å²) in [5.74, 6) is 2.91. The van der Waals surface area contributed by atoms with Crippen LogP contribution in [0.1, 0.15) is 55.4 Å². The van der Waals surface area contributed by atoms with Gasteiger partial charge in [-0.05, 0) is 36.3 Å². The lowest BCUT2D eigenvalue weighted by atomic mass is 9.81. The summed E-state index contributed by atoms with van der Waals surface area (Å²) in [5, 5.41) is 0.248. The van der Waals surface area contributed by atoms with Gasteiger partial charge in [-0.15, -0.1) is 13.0 Å². The maximum absolute atomic E-state index is 6.66. The van der Waals surface area contributed by atoms with Crippen LogP contribution in [0.4, 0.5) is 0 Å². The average molecular weight is 383 g/mol. The third kappa shape index (κ3) is 5.82. The van der Waals surface area contributed by atoms with Crippen LogP contribution in [0.2, 0.25) is 36.3 Å². The normalized spacial score (nSPS) is 16.9. The van der Waals surface area contributed by atoms with Crippen molar-refractivity contribution in [1.29, 1.82) is 0 Å². The predicted octanol–water partition coefficient (Wildman–Crippen LogP) is 6.61. The number of rotatable bonds is 7. The Hall–Kier alpha value is -0.346. The predicted molar refractivity (Wildman–Crippen MR) is 117 cm³/mol. The van der Waals surface area contributed by atoms with Crippen molar-refractivity contribution in [2.75, 3.05) is 0 Å². The molecule has 0 radical (unpaired) electrons. The highest BCUT2D eigenvalue weighted by Gasteiger charge is 2.47. The molecule has 0 N–H and O–H groups in total. The Morgan fingerprint density at radius 3 is 1.48 bits per heavy atom. The Kier molecular flexibility index (Phi) is 7.61. The van der Waals surface area contributed by atoms with E-state index in [1.165, 1.54) is 0 Å². The fourth-order valence-corrected chi connectivity index (χ4v) is 4.72. The summed E-state index contributed by atoms with van der Waals surface area (Å²) >= 11 is 0. The van der Waals surface area contributed by atoms with Crippen molar-refractivity contribution in [1.82, 2.24) is 0 Å². The Labute approximate surface area is 160 Å². The van der Waals surface area contributed by atoms with E-state index in [0.717, 1.165) is 0 Å². The lowest BCUT2D eigenvalue weighted by Gasteiger charge is -2.47. The molecule has 0 saturated carbocycles. The molecule has 0 aromatic rings. The molecule has 0 bridgehead atoms. The van der Waals surface area contributed by atoms with Crippen LogP contribution in [0, 0.1) is 17.8 Å². The summed E-state index contributed by atoms with van der Waals surface area (Å²) < 4.78 is 13.2. The van der Waals surface area contributed by atoms with Gasteiger partial charge in [0.2, 0.25) is 0 Å². The minimum atomic E-state index is -1.97. The van der Waals surface area contributed by atoms with Gasteiger partial charge in [0.1, 0.15) is 6.10 Å². The first-order chi connectivity index (χ1) is 10.8. The van der Waals surface area contributed by atoms with Crippen LogP contribution >= 0.6 is 0 Å². The zero-order chi connectivity index (χ0) is 20.5. The van der Waals surface area contributed by atoms with Gasteiger partial charge in [-0.1, -0.05) is 67.4 Å². The maximum Gasteiger partial charge on any atom is 0.193 e. The van der Waals surface area contributed by atoms with E-state index in [1.807, 2.05) is 6.08 Å². The third-order valence-corrected chi connectivity index (χ3v) is 15.1. The number of hydrogen-bond donors (Lipinski definition) is 0. The lowest BCUT2D eigenvalue weighted by Crippen LogP contribution is -2.53. The van der Waals surface area contributed by atoms with Crippen LogP contribution < -0.4 is 0 Å². The van der Waals surface area contributed by atoms with E-state index in [9.17, 15) is 0 Å². The maximum atomic E-state index is 6.66. The first kappa shape index (κ1) is 24.7. The topological polar surface area (TPSA) is 18.5 Å². The quantitative estimate of drug-likeness (QED) is 0.280. The van der Waals surface area contributed by atoms with Gasteiger partial charge in [0.05, 0.1) is 6.10 Å². The molecule has 0 fully saturated rings. The molecule has 0 spiro atoms. The standard InChI is InChI=1S/C21H42O2Si2/c1-15-17(22-24(11,12)19(3,4)5)21(9,10)18(16-2)23-25(13,14)20(6,7)8/h1,16-18H,2H2,3-14H3. The van der Waals surface area contributed by atoms with Crippen LogP contribution in [0.15, 0.2) is 12.7 Å². The molecule has 0 aromatic carbocycles. The highest BCUT2D eigenvalue weighted by atomic mass is 28.4. The summed E-state index contributed by atoms with van der Waals surface area (Å²) in [4.78, 5) is 0. The minimum Gasteiger partial charge on any atom is -0.410 e. The lowest BCUT2D eigenvalue weighted by molar-refractivity contribution is 0.0169. The average Bonchev–Trinajstić information content (AvgIpc) is 2.39. The van der Waals surface area contributed by atoms with Gasteiger partial charge in [0, 0.05) is 5.41 Å². The molecule has 0 aliphatic rings. The number of hydrogen-bond acceptors (Lipinski definition) is 2. The van der Waals surface area contributed by atoms with Gasteiger partial charge in [-0.2, -0.15) is 0 Å². The molecule has 2 unspecified atom stereocenters. The van der Waals surface area contributed by atoms with Gasteiger partial charge in [0.25, 0.3) is 0 Å². The van der Waals surface area contributed by atoms with Gasteiger partial charge in [-0.3, -0.25) is 0 Å². The summed E-state index contributed by atoms with van der Waals surface area (Å²) in [5.41, 5.74) is -0.346. The molecule has 2 atom stereocenters. The van der Waals surface area contributed by atoms with Crippen LogP contribution in [-0.4, -0.2) is 28.8 Å². The fraction of sp³-hybridized carbons (Fsp3) is 0.810. The Morgan fingerprint density at radius 1 is 0.840 bits per heavy atom. The zero-order valence-electron chi connectivity index (χ0n) is 18.8. The van der Waals surface area contributed by atoms with Crippen molar-refractivity contribution in [3.8, 4) is 12.3 Å². The third-order valence-electron chi connectivity index (χ3n) is 6.22. The van der Waals surface area contributed by atoms with Crippen molar-refractivity contribution < 1.29 is 8.85 Å². The summed E-state index contributed by atoms with van der Waals surface area (Å²) in [6.07, 6.45) is 7.38. The van der Waals surface area contributed by atoms with Gasteiger partial charge in [-0.25, -0.2) is 0 Å². The molecular formula is C21H42O2Si2. The molecule has 25 heavy (non-hydrogen) atoms. The second-order valence-electron chi connectivity index (χ2n) is 10.8. The largest absolute Gasteiger partial charge is 0.410 e. The first-order valence-corrected chi connectivity index (χ1v) is 15.1. The number of terminal acetylenes is 1.